The van der Waals surface area contributed by atoms with Crippen LogP contribution in [-0.2, 0) is 30.7 Å². The van der Waals surface area contributed by atoms with Crippen LogP contribution < -0.4 is 26.2 Å². The number of ether oxygens (including phenoxy) is 1. The molecule has 0 saturated carbocycles. The van der Waals surface area contributed by atoms with Crippen LogP contribution in [0.3, 0.4) is 0 Å². The number of fused-ring (bicyclic) bond motifs is 4. The molecule has 25 nitrogen and oxygen atoms in total. The van der Waals surface area contributed by atoms with Crippen LogP contribution in [0, 0.1) is 26.1 Å². The summed E-state index contributed by atoms with van der Waals surface area (Å²) in [6, 6.07) is 36.6. The fourth-order valence-corrected chi connectivity index (χ4v) is 11.0. The van der Waals surface area contributed by atoms with Crippen molar-refractivity contribution in [2.24, 2.45) is 5.92 Å². The van der Waals surface area contributed by atoms with E-state index in [1.807, 2.05) is 78.9 Å². The molecule has 3 aliphatic rings. The van der Waals surface area contributed by atoms with Gasteiger partial charge in [0, 0.05) is 99.5 Å². The van der Waals surface area contributed by atoms with Crippen molar-refractivity contribution in [3.05, 3.63) is 184 Å². The molecule has 1 saturated heterocycles. The van der Waals surface area contributed by atoms with Crippen molar-refractivity contribution in [2.75, 3.05) is 60.2 Å². The van der Waals surface area contributed by atoms with Gasteiger partial charge in [0.05, 0.1) is 54.9 Å². The first-order chi connectivity index (χ1) is 42.3. The Hall–Kier alpha value is -9.45. The Kier molecular flexibility index (Phi) is 20.3. The average molecular weight is 1340 g/mol. The number of piperidine rings is 1. The molecule has 0 bridgehead atoms. The fourth-order valence-electron chi connectivity index (χ4n) is 10.2. The Labute approximate surface area is 519 Å². The van der Waals surface area contributed by atoms with Gasteiger partial charge in [-0.25, -0.2) is 0 Å². The SMILES string of the molecule is O=C1c2ccccc2-c2onc3c(Br)cc(Nc4ccc(Cl)cc4)c1c23.O=C1c2ccccc2-c2onc3c(N4CCC(C(=O)NCCCOCCCNc5ccc([N+](=O)[O-])cc5[N+](=O)[O-])CC4)cc(Nc4ccc(Cl)cc4)c1c23.O=S(=O)=O.O=S(=O)=O. The minimum absolute atomic E-state index is 0.00513. The van der Waals surface area contributed by atoms with E-state index in [9.17, 15) is 34.6 Å². The van der Waals surface area contributed by atoms with Crippen LogP contribution in [0.2, 0.25) is 10.0 Å². The zero-order valence-electron chi connectivity index (χ0n) is 45.5. The van der Waals surface area contributed by atoms with Gasteiger partial charge in [0.2, 0.25) is 5.91 Å². The second-order valence-corrected chi connectivity index (χ2v) is 22.0. The number of nitro groups is 2. The lowest BCUT2D eigenvalue weighted by Gasteiger charge is -2.33. The summed E-state index contributed by atoms with van der Waals surface area (Å²) in [5, 5.41) is 46.2. The van der Waals surface area contributed by atoms with E-state index < -0.39 is 31.1 Å². The van der Waals surface area contributed by atoms with Gasteiger partial charge >= 0.3 is 21.2 Å². The molecule has 1 aliphatic heterocycles. The molecule has 3 heterocycles. The van der Waals surface area contributed by atoms with Gasteiger partial charge in [-0.15, -0.1) is 25.3 Å². The van der Waals surface area contributed by atoms with Gasteiger partial charge in [0.1, 0.15) is 16.7 Å². The summed E-state index contributed by atoms with van der Waals surface area (Å²) in [6.07, 6.45) is 2.46. The second kappa shape index (κ2) is 28.4. The molecule has 452 valence electrons. The normalized spacial score (nSPS) is 12.6. The third-order valence-corrected chi connectivity index (χ3v) is 15.2. The largest absolute Gasteiger partial charge is 0.425 e. The maximum absolute atomic E-state index is 13.9. The van der Waals surface area contributed by atoms with E-state index in [-0.39, 0.29) is 40.5 Å². The number of rotatable bonds is 17. The van der Waals surface area contributed by atoms with Crippen molar-refractivity contribution in [3.8, 4) is 22.6 Å². The molecule has 0 radical (unpaired) electrons. The van der Waals surface area contributed by atoms with Crippen molar-refractivity contribution in [3.63, 3.8) is 0 Å². The first-order valence-corrected chi connectivity index (χ1v) is 30.1. The summed E-state index contributed by atoms with van der Waals surface area (Å²) < 4.78 is 68.6. The number of amides is 1. The van der Waals surface area contributed by atoms with Crippen molar-refractivity contribution in [2.45, 2.75) is 25.7 Å². The van der Waals surface area contributed by atoms with Crippen LogP contribution >= 0.6 is 39.1 Å². The lowest BCUT2D eigenvalue weighted by molar-refractivity contribution is -0.393. The third kappa shape index (κ3) is 14.5. The number of nitrogens with one attached hydrogen (secondary N) is 4. The van der Waals surface area contributed by atoms with Gasteiger partial charge < -0.3 is 40.0 Å². The van der Waals surface area contributed by atoms with E-state index >= 15 is 0 Å². The number of nitro benzene ring substituents is 2. The molecule has 0 spiro atoms. The Balaban J connectivity index is 0.000000223. The molecule has 9 aromatic rings. The lowest BCUT2D eigenvalue weighted by atomic mass is 9.86. The molecule has 12 rings (SSSR count). The highest BCUT2D eigenvalue weighted by Crippen LogP contribution is 2.48. The predicted octanol–water partition coefficient (Wildman–Crippen LogP) is 11.7. The number of halogens is 3. The van der Waals surface area contributed by atoms with E-state index in [4.69, 9.17) is 62.2 Å². The first-order valence-electron chi connectivity index (χ1n) is 26.5. The van der Waals surface area contributed by atoms with E-state index in [1.165, 1.54) is 12.1 Å². The number of non-ortho nitro benzene ring substituents is 1. The summed E-state index contributed by atoms with van der Waals surface area (Å²) >= 11 is 15.6. The highest BCUT2D eigenvalue weighted by molar-refractivity contribution is 9.10. The Morgan fingerprint density at radius 3 is 1.62 bits per heavy atom. The zero-order valence-corrected chi connectivity index (χ0v) is 50.2. The van der Waals surface area contributed by atoms with Gasteiger partial charge in [-0.05, 0) is 108 Å². The van der Waals surface area contributed by atoms with Gasteiger partial charge in [0.25, 0.3) is 11.4 Å². The number of nitrogens with zero attached hydrogens (tertiary/aromatic N) is 5. The van der Waals surface area contributed by atoms with E-state index in [0.29, 0.717) is 142 Å². The Morgan fingerprint density at radius 2 is 1.11 bits per heavy atom. The molecule has 4 N–H and O–H groups in total. The zero-order chi connectivity index (χ0) is 62.8. The summed E-state index contributed by atoms with van der Waals surface area (Å²) in [4.78, 5) is 63.3. The molecule has 30 heteroatoms. The second-order valence-electron chi connectivity index (χ2n) is 19.5. The number of benzene rings is 7. The van der Waals surface area contributed by atoms with E-state index in [1.54, 1.807) is 30.3 Å². The van der Waals surface area contributed by atoms with Crippen LogP contribution in [0.15, 0.2) is 141 Å². The topological polar surface area (TPSA) is 353 Å². The third-order valence-electron chi connectivity index (χ3n) is 14.1. The standard InChI is InChI=1S/C38H36ClN7O8.C20H10BrClN2O2.2O3S/c39-24-7-9-25(10-8-24)42-30-22-32(35-34-33(30)36(47)27-5-1-2-6-28(27)37(34)54-43-35)44-17-13-23(14-18-44)38(48)41-16-4-20-53-19-3-15-40-29-12-11-26(45(49)50)21-31(29)46(51)52;21-14-9-15(23-11-7-5-10(22)6-8-11)16-17-18(14)24-26-20(17)13-4-2-1-3-12(13)19(16)25;2*1-4(2)3/h1-2,5-12,21-23,40,42H,3-4,13-20H2,(H,41,48);1-9,23H;;. The lowest BCUT2D eigenvalue weighted by Crippen LogP contribution is -2.41. The van der Waals surface area contributed by atoms with Crippen LogP contribution in [0.1, 0.15) is 57.5 Å². The van der Waals surface area contributed by atoms with Crippen LogP contribution in [0.25, 0.3) is 44.5 Å². The number of aromatic nitrogens is 2. The van der Waals surface area contributed by atoms with Crippen molar-refractivity contribution < 1.29 is 63.3 Å². The molecular formula is C58H46BrCl2N9O16S2. The van der Waals surface area contributed by atoms with E-state index in [2.05, 4.69) is 52.4 Å². The molecule has 7 aromatic carbocycles. The number of hydrogen-bond donors (Lipinski definition) is 4. The number of ketones is 2. The minimum Gasteiger partial charge on any atom is -0.381 e. The summed E-state index contributed by atoms with van der Waals surface area (Å²) in [7, 11) is -6.22. The average Bonchev–Trinajstić information content (AvgIpc) is 1.47. The van der Waals surface area contributed by atoms with Crippen LogP contribution in [0.4, 0.5) is 45.5 Å². The van der Waals surface area contributed by atoms with Gasteiger partial charge in [-0.2, -0.15) is 0 Å². The molecule has 0 atom stereocenters. The van der Waals surface area contributed by atoms with Crippen molar-refractivity contribution in [1.82, 2.24) is 15.6 Å². The van der Waals surface area contributed by atoms with Crippen molar-refractivity contribution in [1.29, 1.82) is 0 Å². The highest BCUT2D eigenvalue weighted by atomic mass is 79.9. The van der Waals surface area contributed by atoms with Gasteiger partial charge in [0.15, 0.2) is 23.1 Å². The molecule has 2 aliphatic carbocycles. The molecule has 1 fully saturated rings. The molecule has 0 unspecified atom stereocenters. The maximum Gasteiger partial charge on any atom is 0.425 e. The van der Waals surface area contributed by atoms with Gasteiger partial charge in [-0.1, -0.05) is 82.0 Å². The highest BCUT2D eigenvalue weighted by Gasteiger charge is 2.36. The first kappa shape index (κ1) is 63.1. The summed E-state index contributed by atoms with van der Waals surface area (Å²) in [5.74, 6) is 0.850. The Bertz CT molecular complexity index is 4390. The molecule has 88 heavy (non-hydrogen) atoms. The van der Waals surface area contributed by atoms with E-state index in [0.717, 1.165) is 38.6 Å². The number of anilines is 6. The fraction of sp³-hybridized carbons (Fsp3) is 0.190. The molecular weight excluding hydrogens is 1290 g/mol. The predicted molar refractivity (Wildman–Crippen MR) is 329 cm³/mol. The van der Waals surface area contributed by atoms with Crippen molar-refractivity contribution >= 4 is 145 Å². The number of carbonyl (C=O) groups is 3. The molecule has 1 amide bonds. The number of hydrogen-bond acceptors (Lipinski definition) is 22. The Morgan fingerprint density at radius 1 is 0.636 bits per heavy atom. The van der Waals surface area contributed by atoms with Gasteiger partial charge in [-0.3, -0.25) is 34.6 Å². The van der Waals surface area contributed by atoms with Crippen LogP contribution in [-0.4, -0.2) is 102 Å². The minimum atomic E-state index is -3.11. The smallest absolute Gasteiger partial charge is 0.381 e. The summed E-state index contributed by atoms with van der Waals surface area (Å²) in [5.41, 5.74) is 8.21. The quantitative estimate of drug-likeness (QED) is 0.0374. The summed E-state index contributed by atoms with van der Waals surface area (Å²) in [6.45, 7) is 2.90. The number of carbonyl (C=O) groups excluding carboxylic acids is 3. The monoisotopic (exact) mass is 1340 g/mol. The van der Waals surface area contributed by atoms with Crippen LogP contribution in [0.5, 0.6) is 0 Å². The molecule has 2 aromatic heterocycles. The maximum atomic E-state index is 13.9.